The number of aliphatic hydroxyl groups excluding tert-OH is 1. The normalized spacial score (nSPS) is 14.0. The summed E-state index contributed by atoms with van der Waals surface area (Å²) in [6.07, 6.45) is -0.0742. The Morgan fingerprint density at radius 2 is 2.00 bits per heavy atom. The van der Waals surface area contributed by atoms with Crippen molar-refractivity contribution in [2.75, 3.05) is 7.11 Å². The number of methoxy groups -OCH3 is 1. The fourth-order valence-corrected chi connectivity index (χ4v) is 1.42. The molecule has 0 amide bonds. The predicted octanol–water partition coefficient (Wildman–Crippen LogP) is 2.28. The minimum absolute atomic E-state index is 0.349. The second-order valence-electron chi connectivity index (χ2n) is 3.36. The number of ether oxygens (including phenoxy) is 1. The molecule has 0 aliphatic carbocycles. The maximum absolute atomic E-state index is 9.88. The number of nitrogens with zero attached hydrogens (tertiary/aromatic N) is 1. The predicted molar refractivity (Wildman–Crippen MR) is 57.3 cm³/mol. The van der Waals surface area contributed by atoms with E-state index >= 15 is 0 Å². The maximum Gasteiger partial charge on any atom is 0.118 e. The second-order valence-corrected chi connectivity index (χ2v) is 3.36. The van der Waals surface area contributed by atoms with Crippen LogP contribution in [0.2, 0.25) is 0 Å². The van der Waals surface area contributed by atoms with Gasteiger partial charge < -0.3 is 9.84 Å². The fourth-order valence-electron chi connectivity index (χ4n) is 1.42. The van der Waals surface area contributed by atoms with Crippen molar-refractivity contribution in [2.45, 2.75) is 19.4 Å². The summed E-state index contributed by atoms with van der Waals surface area (Å²) < 4.78 is 5.02. The van der Waals surface area contributed by atoms with Crippen LogP contribution in [0.15, 0.2) is 24.3 Å². The molecule has 0 aliphatic heterocycles. The Bertz CT molecular complexity index is 340. The first-order valence-corrected chi connectivity index (χ1v) is 4.94. The van der Waals surface area contributed by atoms with Crippen LogP contribution < -0.4 is 4.74 Å². The van der Waals surface area contributed by atoms with E-state index in [-0.39, 0.29) is 5.92 Å². The Morgan fingerprint density at radius 3 is 2.40 bits per heavy atom. The first kappa shape index (κ1) is 11.5. The van der Waals surface area contributed by atoms with Crippen LogP contribution in [0.1, 0.15) is 25.0 Å². The molecule has 0 bridgehead atoms. The van der Waals surface area contributed by atoms with Gasteiger partial charge in [-0.05, 0) is 24.1 Å². The standard InChI is InChI=1S/C12H15NO2/c1-3-9(8-13)12(14)10-4-6-11(15-2)7-5-10/h4-7,9,12,14H,3H2,1-2H3. The molecule has 1 rings (SSSR count). The van der Waals surface area contributed by atoms with Gasteiger partial charge in [0.2, 0.25) is 0 Å². The number of hydrogen-bond donors (Lipinski definition) is 1. The summed E-state index contributed by atoms with van der Waals surface area (Å²) in [6.45, 7) is 1.89. The summed E-state index contributed by atoms with van der Waals surface area (Å²) in [5.74, 6) is 0.398. The van der Waals surface area contributed by atoms with Gasteiger partial charge in [0, 0.05) is 0 Å². The smallest absolute Gasteiger partial charge is 0.118 e. The third-order valence-corrected chi connectivity index (χ3v) is 2.44. The van der Waals surface area contributed by atoms with Gasteiger partial charge in [-0.3, -0.25) is 0 Å². The SMILES string of the molecule is CCC(C#N)C(O)c1ccc(OC)cc1. The molecule has 2 atom stereocenters. The number of benzene rings is 1. The number of hydrogen-bond acceptors (Lipinski definition) is 3. The molecule has 1 N–H and O–H groups in total. The summed E-state index contributed by atoms with van der Waals surface area (Å²) in [7, 11) is 1.59. The monoisotopic (exact) mass is 205 g/mol. The number of aliphatic hydroxyl groups is 1. The Labute approximate surface area is 89.9 Å². The number of nitriles is 1. The van der Waals surface area contributed by atoms with Crippen LogP contribution in [0, 0.1) is 17.2 Å². The quantitative estimate of drug-likeness (QED) is 0.820. The molecule has 1 aromatic rings. The highest BCUT2D eigenvalue weighted by Crippen LogP contribution is 2.25. The average Bonchev–Trinajstić information content (AvgIpc) is 2.30. The molecule has 3 nitrogen and oxygen atoms in total. The maximum atomic E-state index is 9.88. The molecular formula is C12H15NO2. The first-order valence-electron chi connectivity index (χ1n) is 4.94. The van der Waals surface area contributed by atoms with Gasteiger partial charge in [0.25, 0.3) is 0 Å². The fraction of sp³-hybridized carbons (Fsp3) is 0.417. The molecule has 0 radical (unpaired) electrons. The zero-order valence-electron chi connectivity index (χ0n) is 8.97. The summed E-state index contributed by atoms with van der Waals surface area (Å²) in [4.78, 5) is 0. The largest absolute Gasteiger partial charge is 0.497 e. The van der Waals surface area contributed by atoms with Crippen molar-refractivity contribution in [1.82, 2.24) is 0 Å². The van der Waals surface area contributed by atoms with E-state index in [1.165, 1.54) is 0 Å². The van der Waals surface area contributed by atoms with E-state index in [0.717, 1.165) is 11.3 Å². The molecule has 15 heavy (non-hydrogen) atoms. The highest BCUT2D eigenvalue weighted by atomic mass is 16.5. The lowest BCUT2D eigenvalue weighted by Crippen LogP contribution is -2.09. The summed E-state index contributed by atoms with van der Waals surface area (Å²) in [5, 5.41) is 18.7. The first-order chi connectivity index (χ1) is 7.22. The molecule has 3 heteroatoms. The molecule has 0 saturated heterocycles. The van der Waals surface area contributed by atoms with Crippen molar-refractivity contribution < 1.29 is 9.84 Å². The molecule has 80 valence electrons. The topological polar surface area (TPSA) is 53.2 Å². The van der Waals surface area contributed by atoms with Crippen molar-refractivity contribution in [1.29, 1.82) is 5.26 Å². The highest BCUT2D eigenvalue weighted by molar-refractivity contribution is 5.29. The van der Waals surface area contributed by atoms with Gasteiger partial charge in [-0.15, -0.1) is 0 Å². The zero-order chi connectivity index (χ0) is 11.3. The van der Waals surface area contributed by atoms with E-state index in [1.807, 2.05) is 6.92 Å². The van der Waals surface area contributed by atoms with Gasteiger partial charge in [-0.25, -0.2) is 0 Å². The Kier molecular flexibility index (Phi) is 4.14. The summed E-state index contributed by atoms with van der Waals surface area (Å²) in [5.41, 5.74) is 0.754. The van der Waals surface area contributed by atoms with E-state index in [4.69, 9.17) is 10.00 Å². The lowest BCUT2D eigenvalue weighted by Gasteiger charge is -2.15. The van der Waals surface area contributed by atoms with Crippen LogP contribution in [0.25, 0.3) is 0 Å². The molecular weight excluding hydrogens is 190 g/mol. The molecule has 1 aromatic carbocycles. The van der Waals surface area contributed by atoms with Crippen LogP contribution in [-0.4, -0.2) is 12.2 Å². The Hall–Kier alpha value is -1.53. The van der Waals surface area contributed by atoms with Crippen molar-refractivity contribution in [2.24, 2.45) is 5.92 Å². The molecule has 0 heterocycles. The van der Waals surface area contributed by atoms with Crippen LogP contribution in [0.4, 0.5) is 0 Å². The highest BCUT2D eigenvalue weighted by Gasteiger charge is 2.18. The lowest BCUT2D eigenvalue weighted by atomic mass is 9.95. The third-order valence-electron chi connectivity index (χ3n) is 2.44. The van der Waals surface area contributed by atoms with Crippen LogP contribution >= 0.6 is 0 Å². The zero-order valence-corrected chi connectivity index (χ0v) is 8.97. The molecule has 0 spiro atoms. The van der Waals surface area contributed by atoms with Crippen molar-refractivity contribution in [3.8, 4) is 11.8 Å². The van der Waals surface area contributed by atoms with Gasteiger partial charge in [0.05, 0.1) is 25.2 Å². The van der Waals surface area contributed by atoms with Crippen LogP contribution in [0.3, 0.4) is 0 Å². The molecule has 0 saturated carbocycles. The summed E-state index contributed by atoms with van der Waals surface area (Å²) >= 11 is 0. The van der Waals surface area contributed by atoms with Gasteiger partial charge >= 0.3 is 0 Å². The van der Waals surface area contributed by atoms with E-state index in [0.29, 0.717) is 6.42 Å². The van der Waals surface area contributed by atoms with Gasteiger partial charge in [0.1, 0.15) is 5.75 Å². The minimum Gasteiger partial charge on any atom is -0.497 e. The third kappa shape index (κ3) is 2.71. The van der Waals surface area contributed by atoms with Crippen LogP contribution in [0.5, 0.6) is 5.75 Å². The van der Waals surface area contributed by atoms with Crippen molar-refractivity contribution >= 4 is 0 Å². The minimum atomic E-state index is -0.717. The van der Waals surface area contributed by atoms with Gasteiger partial charge in [0.15, 0.2) is 0 Å². The second kappa shape index (κ2) is 5.38. The van der Waals surface area contributed by atoms with Gasteiger partial charge in [-0.1, -0.05) is 19.1 Å². The Morgan fingerprint density at radius 1 is 1.40 bits per heavy atom. The molecule has 0 aromatic heterocycles. The lowest BCUT2D eigenvalue weighted by molar-refractivity contribution is 0.132. The van der Waals surface area contributed by atoms with E-state index < -0.39 is 6.10 Å². The van der Waals surface area contributed by atoms with Crippen molar-refractivity contribution in [3.63, 3.8) is 0 Å². The summed E-state index contributed by atoms with van der Waals surface area (Å²) in [6, 6.07) is 9.22. The molecule has 0 aliphatic rings. The molecule has 2 unspecified atom stereocenters. The van der Waals surface area contributed by atoms with E-state index in [2.05, 4.69) is 6.07 Å². The van der Waals surface area contributed by atoms with E-state index in [1.54, 1.807) is 31.4 Å². The average molecular weight is 205 g/mol. The molecule has 0 fully saturated rings. The van der Waals surface area contributed by atoms with E-state index in [9.17, 15) is 5.11 Å². The van der Waals surface area contributed by atoms with Gasteiger partial charge in [-0.2, -0.15) is 5.26 Å². The van der Waals surface area contributed by atoms with Crippen molar-refractivity contribution in [3.05, 3.63) is 29.8 Å². The van der Waals surface area contributed by atoms with Crippen LogP contribution in [-0.2, 0) is 0 Å². The Balaban J connectivity index is 2.82. The number of rotatable bonds is 4.